The highest BCUT2D eigenvalue weighted by Gasteiger charge is 2.25. The number of rotatable bonds is 6. The lowest BCUT2D eigenvalue weighted by molar-refractivity contribution is -0.384. The van der Waals surface area contributed by atoms with Crippen molar-refractivity contribution in [3.05, 3.63) is 57.6 Å². The van der Waals surface area contributed by atoms with Crippen molar-refractivity contribution in [2.45, 2.75) is 31.6 Å². The lowest BCUT2D eigenvalue weighted by Gasteiger charge is -2.31. The van der Waals surface area contributed by atoms with Gasteiger partial charge in [0.15, 0.2) is 0 Å². The van der Waals surface area contributed by atoms with Gasteiger partial charge in [0.25, 0.3) is 11.6 Å². The summed E-state index contributed by atoms with van der Waals surface area (Å²) in [5.74, 6) is 0.0371. The van der Waals surface area contributed by atoms with Gasteiger partial charge >= 0.3 is 0 Å². The number of nitrogens with zero attached hydrogens (tertiary/aromatic N) is 3. The summed E-state index contributed by atoms with van der Waals surface area (Å²) in [5, 5.41) is 14.3. The molecule has 3 rings (SSSR count). The number of amides is 1. The largest absolute Gasteiger partial charge is 0.366 e. The third-order valence-corrected chi connectivity index (χ3v) is 7.72. The highest BCUT2D eigenvalue weighted by molar-refractivity contribution is 7.89. The van der Waals surface area contributed by atoms with E-state index in [4.69, 9.17) is 0 Å². The summed E-state index contributed by atoms with van der Waals surface area (Å²) in [6.45, 7) is 5.31. The van der Waals surface area contributed by atoms with Crippen LogP contribution in [0.3, 0.4) is 0 Å². The molecule has 1 N–H and O–H groups in total. The van der Waals surface area contributed by atoms with E-state index in [0.29, 0.717) is 17.2 Å². The first-order valence-corrected chi connectivity index (χ1v) is 11.8. The molecule has 0 aromatic heterocycles. The summed E-state index contributed by atoms with van der Waals surface area (Å²) < 4.78 is 26.1. The molecule has 2 aromatic carbocycles. The molecule has 1 amide bonds. The van der Waals surface area contributed by atoms with Crippen LogP contribution >= 0.6 is 0 Å². The molecular formula is C22H28N4O5S. The maximum Gasteiger partial charge on any atom is 0.293 e. The number of nitro groups is 1. The first-order chi connectivity index (χ1) is 15.0. The lowest BCUT2D eigenvalue weighted by Crippen LogP contribution is -2.33. The third kappa shape index (κ3) is 4.91. The molecule has 10 heteroatoms. The standard InChI is InChI=1S/C22H28N4O5S/c1-15-9-11-25(12-10-15)19-8-6-17(13-20(19)26(28)29)22(27)23-18-7-5-16(2)21(14-18)32(30,31)24(3)4/h5-8,13-15H,9-12H2,1-4H3,(H,23,27). The van der Waals surface area contributed by atoms with Gasteiger partial charge in [0.1, 0.15) is 5.69 Å². The maximum absolute atomic E-state index is 12.8. The number of carbonyl (C=O) groups is 1. The van der Waals surface area contributed by atoms with Crippen LogP contribution < -0.4 is 10.2 Å². The van der Waals surface area contributed by atoms with E-state index in [1.807, 2.05) is 4.90 Å². The molecule has 2 aromatic rings. The average molecular weight is 461 g/mol. The second-order valence-electron chi connectivity index (χ2n) is 8.35. The van der Waals surface area contributed by atoms with E-state index in [0.717, 1.165) is 30.2 Å². The first kappa shape index (κ1) is 23.7. The quantitative estimate of drug-likeness (QED) is 0.520. The van der Waals surface area contributed by atoms with Crippen molar-refractivity contribution < 1.29 is 18.1 Å². The summed E-state index contributed by atoms with van der Waals surface area (Å²) in [7, 11) is -0.815. The van der Waals surface area contributed by atoms with Gasteiger partial charge in [-0.15, -0.1) is 0 Å². The van der Waals surface area contributed by atoms with E-state index in [-0.39, 0.29) is 21.8 Å². The second-order valence-corrected chi connectivity index (χ2v) is 10.5. The Labute approximate surface area is 188 Å². The van der Waals surface area contributed by atoms with Gasteiger partial charge in [0, 0.05) is 44.5 Å². The Morgan fingerprint density at radius 2 is 1.81 bits per heavy atom. The molecule has 0 bridgehead atoms. The van der Waals surface area contributed by atoms with Crippen LogP contribution in [0.1, 0.15) is 35.7 Å². The lowest BCUT2D eigenvalue weighted by atomic mass is 9.98. The molecule has 9 nitrogen and oxygen atoms in total. The van der Waals surface area contributed by atoms with Gasteiger partial charge in [0.2, 0.25) is 10.0 Å². The predicted octanol–water partition coefficient (Wildman–Crippen LogP) is 3.64. The van der Waals surface area contributed by atoms with Crippen molar-refractivity contribution >= 4 is 33.0 Å². The Morgan fingerprint density at radius 3 is 2.41 bits per heavy atom. The summed E-state index contributed by atoms with van der Waals surface area (Å²) in [4.78, 5) is 26.1. The molecule has 0 radical (unpaired) electrons. The number of piperidine rings is 1. The minimum Gasteiger partial charge on any atom is -0.366 e. The Balaban J connectivity index is 1.87. The maximum atomic E-state index is 12.8. The number of anilines is 2. The van der Waals surface area contributed by atoms with Gasteiger partial charge in [-0.3, -0.25) is 14.9 Å². The van der Waals surface area contributed by atoms with Crippen LogP contribution in [-0.4, -0.2) is 50.7 Å². The van der Waals surface area contributed by atoms with Crippen molar-refractivity contribution in [2.75, 3.05) is 37.4 Å². The number of hydrogen-bond acceptors (Lipinski definition) is 6. The third-order valence-electron chi connectivity index (χ3n) is 5.76. The molecule has 1 aliphatic heterocycles. The predicted molar refractivity (Wildman–Crippen MR) is 124 cm³/mol. The topological polar surface area (TPSA) is 113 Å². The Bertz CT molecular complexity index is 1140. The zero-order valence-electron chi connectivity index (χ0n) is 18.7. The zero-order valence-corrected chi connectivity index (χ0v) is 19.5. The van der Waals surface area contributed by atoms with Crippen LogP contribution in [0.25, 0.3) is 0 Å². The number of sulfonamides is 1. The van der Waals surface area contributed by atoms with Crippen molar-refractivity contribution in [3.8, 4) is 0 Å². The first-order valence-electron chi connectivity index (χ1n) is 10.4. The normalized spacial score (nSPS) is 15.1. The molecule has 1 saturated heterocycles. The smallest absolute Gasteiger partial charge is 0.293 e. The Hall–Kier alpha value is -2.98. The Morgan fingerprint density at radius 1 is 1.16 bits per heavy atom. The summed E-state index contributed by atoms with van der Waals surface area (Å²) in [6.07, 6.45) is 1.93. The molecule has 32 heavy (non-hydrogen) atoms. The zero-order chi connectivity index (χ0) is 23.6. The van der Waals surface area contributed by atoms with Gasteiger partial charge in [0.05, 0.1) is 9.82 Å². The van der Waals surface area contributed by atoms with Crippen LogP contribution in [0.15, 0.2) is 41.3 Å². The minimum atomic E-state index is -3.68. The van der Waals surface area contributed by atoms with E-state index in [1.165, 1.54) is 26.2 Å². The van der Waals surface area contributed by atoms with E-state index < -0.39 is 20.9 Å². The van der Waals surface area contributed by atoms with Gasteiger partial charge in [-0.1, -0.05) is 13.0 Å². The molecule has 0 unspecified atom stereocenters. The number of hydrogen-bond donors (Lipinski definition) is 1. The van der Waals surface area contributed by atoms with E-state index in [2.05, 4.69) is 12.2 Å². The second kappa shape index (κ2) is 9.25. The number of nitro benzene ring substituents is 1. The van der Waals surface area contributed by atoms with E-state index in [9.17, 15) is 23.3 Å². The van der Waals surface area contributed by atoms with Gasteiger partial charge in [-0.05, 0) is 55.5 Å². The molecular weight excluding hydrogens is 432 g/mol. The molecule has 1 fully saturated rings. The molecule has 0 spiro atoms. The van der Waals surface area contributed by atoms with Crippen LogP contribution in [0.5, 0.6) is 0 Å². The molecule has 0 saturated carbocycles. The van der Waals surface area contributed by atoms with Crippen LogP contribution in [0.4, 0.5) is 17.1 Å². The average Bonchev–Trinajstić information content (AvgIpc) is 2.75. The van der Waals surface area contributed by atoms with Gasteiger partial charge in [-0.2, -0.15) is 0 Å². The minimum absolute atomic E-state index is 0.0842. The number of benzene rings is 2. The SMILES string of the molecule is Cc1ccc(NC(=O)c2ccc(N3CCC(C)CC3)c([N+](=O)[O-])c2)cc1S(=O)(=O)N(C)C. The highest BCUT2D eigenvalue weighted by atomic mass is 32.2. The summed E-state index contributed by atoms with van der Waals surface area (Å²) >= 11 is 0. The molecule has 1 heterocycles. The fourth-order valence-electron chi connectivity index (χ4n) is 3.68. The fraction of sp³-hybridized carbons (Fsp3) is 0.409. The van der Waals surface area contributed by atoms with Crippen molar-refractivity contribution in [1.29, 1.82) is 0 Å². The number of carbonyl (C=O) groups excluding carboxylic acids is 1. The van der Waals surface area contributed by atoms with E-state index in [1.54, 1.807) is 31.2 Å². The van der Waals surface area contributed by atoms with Crippen molar-refractivity contribution in [3.63, 3.8) is 0 Å². The van der Waals surface area contributed by atoms with Gasteiger partial charge in [-0.25, -0.2) is 12.7 Å². The molecule has 1 aliphatic rings. The monoisotopic (exact) mass is 460 g/mol. The van der Waals surface area contributed by atoms with Crippen LogP contribution in [-0.2, 0) is 10.0 Å². The van der Waals surface area contributed by atoms with Crippen molar-refractivity contribution in [2.24, 2.45) is 5.92 Å². The number of aryl methyl sites for hydroxylation is 1. The van der Waals surface area contributed by atoms with Gasteiger partial charge < -0.3 is 10.2 Å². The molecule has 0 atom stereocenters. The Kier molecular flexibility index (Phi) is 6.85. The van der Waals surface area contributed by atoms with Crippen LogP contribution in [0, 0.1) is 23.0 Å². The number of nitrogens with one attached hydrogen (secondary N) is 1. The molecule has 172 valence electrons. The molecule has 0 aliphatic carbocycles. The summed E-state index contributed by atoms with van der Waals surface area (Å²) in [5.41, 5.74) is 1.36. The fourth-order valence-corrected chi connectivity index (χ4v) is 4.83. The highest BCUT2D eigenvalue weighted by Crippen LogP contribution is 2.32. The van der Waals surface area contributed by atoms with Crippen LogP contribution in [0.2, 0.25) is 0 Å². The van der Waals surface area contributed by atoms with E-state index >= 15 is 0 Å². The summed E-state index contributed by atoms with van der Waals surface area (Å²) in [6, 6.07) is 9.03. The van der Waals surface area contributed by atoms with Crippen molar-refractivity contribution in [1.82, 2.24) is 4.31 Å².